The van der Waals surface area contributed by atoms with E-state index in [1.165, 1.54) is 6.20 Å². The summed E-state index contributed by atoms with van der Waals surface area (Å²) in [6.45, 7) is 5.63. The Hall–Kier alpha value is -3.40. The normalized spacial score (nSPS) is 20.7. The molecule has 0 bridgehead atoms. The van der Waals surface area contributed by atoms with Crippen molar-refractivity contribution in [2.45, 2.75) is 32.9 Å². The molecule has 0 spiro atoms. The smallest absolute Gasteiger partial charge is 0.251 e. The van der Waals surface area contributed by atoms with E-state index in [1.54, 1.807) is 37.1 Å². The van der Waals surface area contributed by atoms with Gasteiger partial charge in [0.05, 0.1) is 11.6 Å². The topological polar surface area (TPSA) is 98.1 Å². The van der Waals surface area contributed by atoms with Crippen molar-refractivity contribution in [1.82, 2.24) is 10.3 Å². The van der Waals surface area contributed by atoms with Crippen molar-refractivity contribution in [2.24, 2.45) is 5.92 Å². The Morgan fingerprint density at radius 3 is 2.54 bits per heavy atom. The third-order valence-electron chi connectivity index (χ3n) is 5.34. The van der Waals surface area contributed by atoms with Crippen molar-refractivity contribution in [3.8, 4) is 6.07 Å². The molecular weight excluding hydrogens is 354 g/mol. The number of anilines is 2. The van der Waals surface area contributed by atoms with Gasteiger partial charge in [-0.05, 0) is 42.8 Å². The minimum atomic E-state index is -0.182. The van der Waals surface area contributed by atoms with Crippen LogP contribution in [0.4, 0.5) is 11.5 Å². The Balaban J connectivity index is 2.08. The molecule has 7 heteroatoms. The maximum Gasteiger partial charge on any atom is 0.251 e. The zero-order valence-electron chi connectivity index (χ0n) is 16.4. The van der Waals surface area contributed by atoms with Crippen molar-refractivity contribution >= 4 is 23.3 Å². The molecule has 1 aliphatic rings. The van der Waals surface area contributed by atoms with Crippen molar-refractivity contribution in [3.05, 3.63) is 53.2 Å². The molecule has 3 rings (SSSR count). The van der Waals surface area contributed by atoms with Crippen LogP contribution in [0.25, 0.3) is 0 Å². The molecule has 3 unspecified atom stereocenters. The molecule has 0 aliphatic carbocycles. The van der Waals surface area contributed by atoms with E-state index >= 15 is 0 Å². The lowest BCUT2D eigenvalue weighted by Crippen LogP contribution is -2.48. The second-order valence-electron chi connectivity index (χ2n) is 7.01. The van der Waals surface area contributed by atoms with Crippen LogP contribution < -0.4 is 15.5 Å². The predicted molar refractivity (Wildman–Crippen MR) is 107 cm³/mol. The highest BCUT2D eigenvalue weighted by molar-refractivity contribution is 5.97. The third kappa shape index (κ3) is 3.41. The van der Waals surface area contributed by atoms with Crippen LogP contribution in [-0.2, 0) is 4.79 Å². The number of nitrogens with zero attached hydrogens (tertiary/aromatic N) is 3. The first-order valence-corrected chi connectivity index (χ1v) is 9.16. The Labute approximate surface area is 164 Å². The summed E-state index contributed by atoms with van der Waals surface area (Å²) in [7, 11) is 1.59. The van der Waals surface area contributed by atoms with Crippen LogP contribution >= 0.6 is 0 Å². The Morgan fingerprint density at radius 1 is 1.21 bits per heavy atom. The van der Waals surface area contributed by atoms with E-state index in [9.17, 15) is 9.59 Å². The average Bonchev–Trinajstić information content (AvgIpc) is 2.70. The van der Waals surface area contributed by atoms with E-state index in [-0.39, 0.29) is 29.8 Å². The second-order valence-corrected chi connectivity index (χ2v) is 7.01. The number of carbonyl (C=O) groups is 2. The van der Waals surface area contributed by atoms with Gasteiger partial charge in [0, 0.05) is 43.4 Å². The quantitative estimate of drug-likeness (QED) is 0.857. The van der Waals surface area contributed by atoms with Gasteiger partial charge in [-0.15, -0.1) is 0 Å². The van der Waals surface area contributed by atoms with Gasteiger partial charge in [-0.3, -0.25) is 9.59 Å². The van der Waals surface area contributed by atoms with Crippen molar-refractivity contribution in [1.29, 1.82) is 5.26 Å². The van der Waals surface area contributed by atoms with Crippen molar-refractivity contribution < 1.29 is 9.59 Å². The predicted octanol–water partition coefficient (Wildman–Crippen LogP) is 2.86. The number of hydrogen-bond acceptors (Lipinski definition) is 5. The van der Waals surface area contributed by atoms with E-state index in [0.717, 1.165) is 11.3 Å². The van der Waals surface area contributed by atoms with Crippen LogP contribution in [0, 0.1) is 17.2 Å². The first kappa shape index (κ1) is 19.4. The molecule has 1 aromatic heterocycles. The first-order valence-electron chi connectivity index (χ1n) is 9.16. The zero-order chi connectivity index (χ0) is 20.4. The summed E-state index contributed by atoms with van der Waals surface area (Å²) >= 11 is 0. The minimum absolute atomic E-state index is 0.0354. The Kier molecular flexibility index (Phi) is 5.32. The summed E-state index contributed by atoms with van der Waals surface area (Å²) in [6, 6.07) is 10.7. The van der Waals surface area contributed by atoms with E-state index < -0.39 is 0 Å². The molecule has 2 heterocycles. The number of fused-ring (bicyclic) bond motifs is 1. The summed E-state index contributed by atoms with van der Waals surface area (Å²) in [5.41, 5.74) is 2.68. The number of aromatic nitrogens is 1. The molecule has 2 aromatic rings. The third-order valence-corrected chi connectivity index (χ3v) is 5.34. The lowest BCUT2D eigenvalue weighted by atomic mass is 9.82. The summed E-state index contributed by atoms with van der Waals surface area (Å²) in [5, 5.41) is 15.0. The van der Waals surface area contributed by atoms with E-state index in [2.05, 4.69) is 28.6 Å². The fourth-order valence-electron chi connectivity index (χ4n) is 3.70. The summed E-state index contributed by atoms with van der Waals surface area (Å²) < 4.78 is 0. The van der Waals surface area contributed by atoms with Gasteiger partial charge in [0.2, 0.25) is 5.91 Å². The molecule has 2 amide bonds. The van der Waals surface area contributed by atoms with Crippen LogP contribution in [-0.4, -0.2) is 29.9 Å². The number of nitrogens with one attached hydrogen (secondary N) is 2. The Bertz CT molecular complexity index is 948. The highest BCUT2D eigenvalue weighted by Gasteiger charge is 2.38. The number of pyridine rings is 1. The molecule has 1 aromatic carbocycles. The number of carbonyl (C=O) groups excluding carboxylic acids is 2. The molecular formula is C21H23N5O2. The molecule has 0 radical (unpaired) electrons. The van der Waals surface area contributed by atoms with Gasteiger partial charge in [-0.1, -0.05) is 6.92 Å². The van der Waals surface area contributed by atoms with Gasteiger partial charge in [0.25, 0.3) is 5.91 Å². The molecule has 0 saturated heterocycles. The number of benzene rings is 1. The molecule has 2 N–H and O–H groups in total. The summed E-state index contributed by atoms with van der Waals surface area (Å²) in [5.74, 6) is 0.478. The summed E-state index contributed by atoms with van der Waals surface area (Å²) in [4.78, 5) is 30.5. The standard InChI is InChI=1S/C21H23N5O2/c1-12-13(2)26(14(3)27)18-7-6-16(21(28)23-4)9-17(18)20(12)25-19-8-5-15(10-22)11-24-19/h5-9,11-13,20H,1-4H3,(H,23,28)(H,24,25). The van der Waals surface area contributed by atoms with Gasteiger partial charge in [0.1, 0.15) is 11.9 Å². The summed E-state index contributed by atoms with van der Waals surface area (Å²) in [6.07, 6.45) is 1.52. The van der Waals surface area contributed by atoms with Crippen LogP contribution in [0.5, 0.6) is 0 Å². The average molecular weight is 377 g/mol. The number of rotatable bonds is 3. The highest BCUT2D eigenvalue weighted by atomic mass is 16.2. The first-order chi connectivity index (χ1) is 13.4. The number of hydrogen-bond donors (Lipinski definition) is 2. The molecule has 7 nitrogen and oxygen atoms in total. The number of amides is 2. The lowest BCUT2D eigenvalue weighted by molar-refractivity contribution is -0.117. The van der Waals surface area contributed by atoms with Gasteiger partial charge in [-0.25, -0.2) is 4.98 Å². The van der Waals surface area contributed by atoms with Crippen molar-refractivity contribution in [3.63, 3.8) is 0 Å². The molecule has 1 aliphatic heterocycles. The zero-order valence-corrected chi connectivity index (χ0v) is 16.4. The van der Waals surface area contributed by atoms with Crippen LogP contribution in [0.2, 0.25) is 0 Å². The van der Waals surface area contributed by atoms with Gasteiger partial charge in [-0.2, -0.15) is 5.26 Å². The highest BCUT2D eigenvalue weighted by Crippen LogP contribution is 2.42. The van der Waals surface area contributed by atoms with Crippen LogP contribution in [0.15, 0.2) is 36.5 Å². The molecule has 144 valence electrons. The fourth-order valence-corrected chi connectivity index (χ4v) is 3.70. The SMILES string of the molecule is CNC(=O)c1ccc2c(c1)C(Nc1ccc(C#N)cn1)C(C)C(C)N2C(C)=O. The van der Waals surface area contributed by atoms with Gasteiger partial charge < -0.3 is 15.5 Å². The van der Waals surface area contributed by atoms with Crippen molar-refractivity contribution in [2.75, 3.05) is 17.3 Å². The molecule has 3 atom stereocenters. The van der Waals surface area contributed by atoms with Crippen LogP contribution in [0.1, 0.15) is 48.3 Å². The maximum absolute atomic E-state index is 12.3. The van der Waals surface area contributed by atoms with E-state index in [1.807, 2.05) is 19.1 Å². The molecule has 28 heavy (non-hydrogen) atoms. The molecule has 0 fully saturated rings. The largest absolute Gasteiger partial charge is 0.363 e. The van der Waals surface area contributed by atoms with E-state index in [0.29, 0.717) is 16.9 Å². The minimum Gasteiger partial charge on any atom is -0.363 e. The lowest BCUT2D eigenvalue weighted by Gasteiger charge is -2.44. The number of nitriles is 1. The van der Waals surface area contributed by atoms with E-state index in [4.69, 9.17) is 5.26 Å². The fraction of sp³-hybridized carbons (Fsp3) is 0.333. The van der Waals surface area contributed by atoms with Crippen LogP contribution in [0.3, 0.4) is 0 Å². The Morgan fingerprint density at radius 2 is 1.96 bits per heavy atom. The monoisotopic (exact) mass is 377 g/mol. The maximum atomic E-state index is 12.3. The van der Waals surface area contributed by atoms with Gasteiger partial charge in [0.15, 0.2) is 0 Å². The second kappa shape index (κ2) is 7.69. The van der Waals surface area contributed by atoms with Gasteiger partial charge >= 0.3 is 0 Å². The molecule has 0 saturated carbocycles.